The first-order valence-corrected chi connectivity index (χ1v) is 8.61. The zero-order valence-corrected chi connectivity index (χ0v) is 12.8. The maximum absolute atomic E-state index is 12.8. The zero-order valence-electron chi connectivity index (χ0n) is 12.8. The maximum atomic E-state index is 12.8. The monoisotopic (exact) mass is 276 g/mol. The molecule has 20 heavy (non-hydrogen) atoms. The van der Waals surface area contributed by atoms with Gasteiger partial charge in [-0.2, -0.15) is 0 Å². The first kappa shape index (κ1) is 13.1. The van der Waals surface area contributed by atoms with Crippen molar-refractivity contribution in [1.29, 1.82) is 0 Å². The van der Waals surface area contributed by atoms with E-state index in [2.05, 4.69) is 24.2 Å². The van der Waals surface area contributed by atoms with E-state index < -0.39 is 0 Å². The van der Waals surface area contributed by atoms with E-state index >= 15 is 0 Å². The molecule has 4 aliphatic carbocycles. The Morgan fingerprint density at radius 3 is 2.05 bits per heavy atom. The molecule has 5 fully saturated rings. The van der Waals surface area contributed by atoms with E-state index in [9.17, 15) is 4.79 Å². The third-order valence-electron chi connectivity index (χ3n) is 6.88. The summed E-state index contributed by atoms with van der Waals surface area (Å²) in [7, 11) is 2.10. The van der Waals surface area contributed by atoms with Crippen LogP contribution >= 0.6 is 0 Å². The van der Waals surface area contributed by atoms with Crippen molar-refractivity contribution in [2.24, 2.45) is 35.5 Å². The smallest absolute Gasteiger partial charge is 0.225 e. The van der Waals surface area contributed by atoms with Crippen molar-refractivity contribution in [3.8, 4) is 0 Å². The third kappa shape index (κ3) is 1.93. The van der Waals surface area contributed by atoms with Gasteiger partial charge in [0.2, 0.25) is 5.91 Å². The fourth-order valence-corrected chi connectivity index (χ4v) is 5.86. The molecule has 1 heterocycles. The second-order valence-corrected chi connectivity index (χ2v) is 8.08. The number of carbonyl (C=O) groups is 1. The highest BCUT2D eigenvalue weighted by molar-refractivity contribution is 5.79. The van der Waals surface area contributed by atoms with Crippen molar-refractivity contribution < 1.29 is 4.79 Å². The molecule has 112 valence electrons. The van der Waals surface area contributed by atoms with Crippen LogP contribution in [-0.2, 0) is 4.79 Å². The van der Waals surface area contributed by atoms with Gasteiger partial charge in [0.1, 0.15) is 0 Å². The average Bonchev–Trinajstić information content (AvgIpc) is 2.34. The highest BCUT2D eigenvalue weighted by atomic mass is 16.2. The molecule has 1 atom stereocenters. The predicted molar refractivity (Wildman–Crippen MR) is 79.1 cm³/mol. The summed E-state index contributed by atoms with van der Waals surface area (Å²) in [5.41, 5.74) is 0. The fraction of sp³-hybridized carbons (Fsp3) is 0.941. The van der Waals surface area contributed by atoms with Crippen LogP contribution in [0.2, 0.25) is 0 Å². The van der Waals surface area contributed by atoms with E-state index in [-0.39, 0.29) is 5.92 Å². The van der Waals surface area contributed by atoms with Crippen molar-refractivity contribution >= 4 is 5.91 Å². The molecular formula is C17H28N2O. The molecule has 1 saturated heterocycles. The van der Waals surface area contributed by atoms with E-state index in [0.29, 0.717) is 17.9 Å². The van der Waals surface area contributed by atoms with Crippen LogP contribution in [0, 0.1) is 35.5 Å². The lowest BCUT2D eigenvalue weighted by molar-refractivity contribution is -0.147. The summed E-state index contributed by atoms with van der Waals surface area (Å²) >= 11 is 0. The Kier molecular flexibility index (Phi) is 3.10. The number of hydrogen-bond donors (Lipinski definition) is 1. The number of hydrogen-bond acceptors (Lipinski definition) is 2. The van der Waals surface area contributed by atoms with Crippen molar-refractivity contribution in [2.45, 2.75) is 45.1 Å². The van der Waals surface area contributed by atoms with Crippen molar-refractivity contribution in [1.82, 2.24) is 10.2 Å². The molecule has 4 saturated carbocycles. The Morgan fingerprint density at radius 2 is 1.60 bits per heavy atom. The maximum Gasteiger partial charge on any atom is 0.225 e. The minimum absolute atomic E-state index is 0.207. The summed E-state index contributed by atoms with van der Waals surface area (Å²) in [5, 5.41) is 3.30. The van der Waals surface area contributed by atoms with Crippen molar-refractivity contribution in [3.63, 3.8) is 0 Å². The molecule has 1 amide bonds. The molecule has 5 aliphatic rings. The lowest BCUT2D eigenvalue weighted by atomic mass is 9.54. The van der Waals surface area contributed by atoms with E-state index in [4.69, 9.17) is 0 Å². The molecule has 3 heteroatoms. The van der Waals surface area contributed by atoms with Gasteiger partial charge in [0.25, 0.3) is 0 Å². The summed E-state index contributed by atoms with van der Waals surface area (Å²) in [4.78, 5) is 15.0. The molecule has 0 radical (unpaired) electrons. The van der Waals surface area contributed by atoms with Crippen LogP contribution in [0.4, 0.5) is 0 Å². The van der Waals surface area contributed by atoms with E-state index in [1.807, 2.05) is 0 Å². The Bertz CT molecular complexity index is 376. The van der Waals surface area contributed by atoms with Gasteiger partial charge in [0.15, 0.2) is 0 Å². The van der Waals surface area contributed by atoms with Gasteiger partial charge in [-0.05, 0) is 74.8 Å². The summed E-state index contributed by atoms with van der Waals surface area (Å²) in [6, 6.07) is 0.561. The SMILES string of the molecule is CC(C(=O)N(C)C1C2CC3CC(C2)CC1C3)C1CNC1. The van der Waals surface area contributed by atoms with Crippen LogP contribution in [0.25, 0.3) is 0 Å². The van der Waals surface area contributed by atoms with Gasteiger partial charge < -0.3 is 10.2 Å². The van der Waals surface area contributed by atoms with Gasteiger partial charge in [-0.25, -0.2) is 0 Å². The van der Waals surface area contributed by atoms with Crippen LogP contribution in [0.1, 0.15) is 39.0 Å². The summed E-state index contributed by atoms with van der Waals surface area (Å²) in [5.74, 6) is 4.80. The lowest BCUT2D eigenvalue weighted by Gasteiger charge is -2.57. The predicted octanol–water partition coefficient (Wildman–Crippen LogP) is 2.12. The highest BCUT2D eigenvalue weighted by Gasteiger charge is 2.50. The Balaban J connectivity index is 1.47. The van der Waals surface area contributed by atoms with Crippen LogP contribution in [0.5, 0.6) is 0 Å². The number of amides is 1. The van der Waals surface area contributed by atoms with E-state index in [0.717, 1.165) is 36.8 Å². The summed E-state index contributed by atoms with van der Waals surface area (Å²) in [6.07, 6.45) is 7.08. The third-order valence-corrected chi connectivity index (χ3v) is 6.88. The Labute approximate surface area is 122 Å². The number of carbonyl (C=O) groups excluding carboxylic acids is 1. The second-order valence-electron chi connectivity index (χ2n) is 8.08. The molecular weight excluding hydrogens is 248 g/mol. The number of nitrogens with one attached hydrogen (secondary N) is 1. The second kappa shape index (κ2) is 4.72. The van der Waals surface area contributed by atoms with Gasteiger partial charge >= 0.3 is 0 Å². The van der Waals surface area contributed by atoms with Gasteiger partial charge in [0, 0.05) is 19.0 Å². The minimum Gasteiger partial charge on any atom is -0.342 e. The molecule has 1 aliphatic heterocycles. The first-order valence-electron chi connectivity index (χ1n) is 8.61. The fourth-order valence-electron chi connectivity index (χ4n) is 5.86. The summed E-state index contributed by atoms with van der Waals surface area (Å²) < 4.78 is 0. The van der Waals surface area contributed by atoms with E-state index in [1.54, 1.807) is 0 Å². The minimum atomic E-state index is 0.207. The van der Waals surface area contributed by atoms with Crippen molar-refractivity contribution in [2.75, 3.05) is 20.1 Å². The van der Waals surface area contributed by atoms with Crippen molar-refractivity contribution in [3.05, 3.63) is 0 Å². The van der Waals surface area contributed by atoms with Crippen LogP contribution < -0.4 is 5.32 Å². The Morgan fingerprint density at radius 1 is 1.05 bits per heavy atom. The average molecular weight is 276 g/mol. The van der Waals surface area contributed by atoms with Gasteiger partial charge in [-0.1, -0.05) is 6.92 Å². The van der Waals surface area contributed by atoms with Crippen LogP contribution in [-0.4, -0.2) is 37.0 Å². The standard InChI is InChI=1S/C17H28N2O/c1-10(15-8-18-9-15)17(20)19(2)16-13-4-11-3-12(6-13)7-14(16)5-11/h10-16,18H,3-9H2,1-2H3. The quantitative estimate of drug-likeness (QED) is 0.856. The number of nitrogens with zero attached hydrogens (tertiary/aromatic N) is 1. The van der Waals surface area contributed by atoms with E-state index in [1.165, 1.54) is 32.1 Å². The van der Waals surface area contributed by atoms with Gasteiger partial charge in [-0.15, -0.1) is 0 Å². The molecule has 0 spiro atoms. The molecule has 0 aromatic carbocycles. The zero-order chi connectivity index (χ0) is 13.9. The highest BCUT2D eigenvalue weighted by Crippen LogP contribution is 2.55. The van der Waals surface area contributed by atoms with Gasteiger partial charge in [-0.3, -0.25) is 4.79 Å². The normalized spacial score (nSPS) is 44.2. The molecule has 4 bridgehead atoms. The lowest BCUT2D eigenvalue weighted by Crippen LogP contribution is -2.58. The Hall–Kier alpha value is -0.570. The molecule has 0 aromatic rings. The molecule has 3 nitrogen and oxygen atoms in total. The van der Waals surface area contributed by atoms with Gasteiger partial charge in [0.05, 0.1) is 0 Å². The largest absolute Gasteiger partial charge is 0.342 e. The molecule has 0 aromatic heterocycles. The molecule has 1 unspecified atom stereocenters. The first-order chi connectivity index (χ1) is 9.63. The summed E-state index contributed by atoms with van der Waals surface area (Å²) in [6.45, 7) is 4.20. The molecule has 1 N–H and O–H groups in total. The topological polar surface area (TPSA) is 32.3 Å². The van der Waals surface area contributed by atoms with Crippen LogP contribution in [0.15, 0.2) is 0 Å². The van der Waals surface area contributed by atoms with Crippen LogP contribution in [0.3, 0.4) is 0 Å². The molecule has 5 rings (SSSR count). The number of rotatable bonds is 3.